The second-order valence-electron chi connectivity index (χ2n) is 8.40. The highest BCUT2D eigenvalue weighted by Crippen LogP contribution is 2.32. The fraction of sp³-hybridized carbons (Fsp3) is 0.571. The number of cyclic esters (lactones) is 2. The summed E-state index contributed by atoms with van der Waals surface area (Å²) in [4.78, 5) is 23.5. The van der Waals surface area contributed by atoms with Gasteiger partial charge in [-0.1, -0.05) is 24.3 Å². The molecule has 1 heterocycles. The lowest BCUT2D eigenvalue weighted by molar-refractivity contribution is -0.147. The van der Waals surface area contributed by atoms with Gasteiger partial charge in [-0.25, -0.2) is 0 Å². The summed E-state index contributed by atoms with van der Waals surface area (Å²) in [6, 6.07) is 11.7. The first kappa shape index (κ1) is 29.6. The normalized spacial score (nSPS) is 19.5. The number of carbonyl (C=O) groups is 2. The smallest absolute Gasteiger partial charge is 0.305 e. The predicted molar refractivity (Wildman–Crippen MR) is 139 cm³/mol. The summed E-state index contributed by atoms with van der Waals surface area (Å²) in [5.41, 5.74) is 0. The topological polar surface area (TPSA) is 108 Å². The van der Waals surface area contributed by atoms with Gasteiger partial charge in [-0.05, 0) is 25.0 Å². The van der Waals surface area contributed by atoms with Gasteiger partial charge in [-0.2, -0.15) is 0 Å². The van der Waals surface area contributed by atoms with Gasteiger partial charge in [0.2, 0.25) is 0 Å². The third-order valence-electron chi connectivity index (χ3n) is 5.55. The van der Waals surface area contributed by atoms with Crippen LogP contribution >= 0.6 is 0 Å². The molecule has 0 fully saturated rings. The molecule has 2 aromatic carbocycles. The zero-order chi connectivity index (χ0) is 26.7. The quantitative estimate of drug-likeness (QED) is 0.467. The summed E-state index contributed by atoms with van der Waals surface area (Å²) in [6.07, 6.45) is 1.62. The molecule has 10 heteroatoms. The Morgan fingerprint density at radius 3 is 1.16 bits per heavy atom. The van der Waals surface area contributed by atoms with E-state index in [1.165, 1.54) is 0 Å². The van der Waals surface area contributed by atoms with E-state index in [2.05, 4.69) is 0 Å². The van der Waals surface area contributed by atoms with E-state index in [0.29, 0.717) is 78.9 Å². The van der Waals surface area contributed by atoms with Crippen LogP contribution in [-0.2, 0) is 38.0 Å². The van der Waals surface area contributed by atoms with E-state index in [0.717, 1.165) is 22.3 Å². The highest BCUT2D eigenvalue weighted by atomic mass is 16.6. The van der Waals surface area contributed by atoms with Crippen LogP contribution in [-0.4, -0.2) is 91.2 Å². The lowest BCUT2D eigenvalue weighted by Gasteiger charge is -2.13. The van der Waals surface area contributed by atoms with Crippen LogP contribution in [0.5, 0.6) is 11.5 Å². The molecule has 210 valence electrons. The zero-order valence-electron chi connectivity index (χ0n) is 21.9. The van der Waals surface area contributed by atoms with Crippen LogP contribution in [0.2, 0.25) is 0 Å². The minimum absolute atomic E-state index is 0.182. The van der Waals surface area contributed by atoms with Crippen molar-refractivity contribution in [2.24, 2.45) is 0 Å². The van der Waals surface area contributed by atoms with Crippen molar-refractivity contribution in [2.45, 2.75) is 25.7 Å². The minimum Gasteiger partial charge on any atom is -0.491 e. The summed E-state index contributed by atoms with van der Waals surface area (Å²) in [5, 5.41) is 1.91. The van der Waals surface area contributed by atoms with Gasteiger partial charge < -0.3 is 37.9 Å². The number of benzene rings is 2. The maximum absolute atomic E-state index is 11.8. The summed E-state index contributed by atoms with van der Waals surface area (Å²) in [5.74, 6) is 0.900. The van der Waals surface area contributed by atoms with Crippen LogP contribution in [0, 0.1) is 0 Å². The zero-order valence-corrected chi connectivity index (χ0v) is 21.9. The molecule has 0 saturated carbocycles. The molecule has 0 aromatic heterocycles. The van der Waals surface area contributed by atoms with Crippen LogP contribution in [0.4, 0.5) is 0 Å². The van der Waals surface area contributed by atoms with Crippen LogP contribution < -0.4 is 9.47 Å². The average molecular weight is 535 g/mol. The molecule has 2 aromatic rings. The molecule has 10 nitrogen and oxygen atoms in total. The van der Waals surface area contributed by atoms with Crippen molar-refractivity contribution in [1.29, 1.82) is 0 Å². The second-order valence-corrected chi connectivity index (χ2v) is 8.40. The molecule has 0 amide bonds. The number of esters is 2. The Labute approximate surface area is 223 Å². The van der Waals surface area contributed by atoms with Gasteiger partial charge in [0.1, 0.15) is 37.9 Å². The van der Waals surface area contributed by atoms with E-state index in [9.17, 15) is 9.59 Å². The van der Waals surface area contributed by atoms with Gasteiger partial charge >= 0.3 is 11.9 Å². The molecule has 0 radical (unpaired) electrons. The summed E-state index contributed by atoms with van der Waals surface area (Å²) in [6.45, 7) is 4.20. The second kappa shape index (κ2) is 18.4. The molecule has 38 heavy (non-hydrogen) atoms. The number of rotatable bonds is 0. The van der Waals surface area contributed by atoms with Gasteiger partial charge in [-0.15, -0.1) is 0 Å². The highest BCUT2D eigenvalue weighted by molar-refractivity contribution is 5.93. The Hall–Kier alpha value is -2.92. The first-order valence-corrected chi connectivity index (χ1v) is 13.1. The molecule has 4 bridgehead atoms. The van der Waals surface area contributed by atoms with E-state index >= 15 is 0 Å². The summed E-state index contributed by atoms with van der Waals surface area (Å²) >= 11 is 0. The van der Waals surface area contributed by atoms with Crippen molar-refractivity contribution in [3.8, 4) is 11.5 Å². The maximum atomic E-state index is 11.8. The molecule has 0 unspecified atom stereocenters. The fourth-order valence-corrected chi connectivity index (χ4v) is 3.68. The lowest BCUT2D eigenvalue weighted by Crippen LogP contribution is -2.15. The Morgan fingerprint density at radius 2 is 0.763 bits per heavy atom. The van der Waals surface area contributed by atoms with E-state index in [1.54, 1.807) is 0 Å². The summed E-state index contributed by atoms with van der Waals surface area (Å²) < 4.78 is 44.1. The molecule has 1 aliphatic heterocycles. The summed E-state index contributed by atoms with van der Waals surface area (Å²) in [7, 11) is 0. The number of carbonyl (C=O) groups excluding carboxylic acids is 2. The van der Waals surface area contributed by atoms with E-state index in [-0.39, 0.29) is 38.0 Å². The van der Waals surface area contributed by atoms with Crippen molar-refractivity contribution >= 4 is 22.7 Å². The Bertz CT molecular complexity index is 887. The molecule has 3 rings (SSSR count). The Morgan fingerprint density at radius 1 is 0.421 bits per heavy atom. The SMILES string of the molecule is O=C1CCCCC(=O)OCCOCCOCCOc2cccc3c(cccc23)OCCOCCOCCO1. The van der Waals surface area contributed by atoms with E-state index in [4.69, 9.17) is 37.9 Å². The standard InChI is InChI=1S/C28H38O10/c29-27-9-1-2-10-28(30)38-22-18-34-14-12-32-16-20-36-26-8-4-5-23-24(26)6-3-7-25(23)35-19-15-31-11-13-33-17-21-37-27/h3-8H,1-2,9-22H2. The van der Waals surface area contributed by atoms with Crippen molar-refractivity contribution < 1.29 is 47.5 Å². The van der Waals surface area contributed by atoms with E-state index in [1.807, 2.05) is 36.4 Å². The minimum atomic E-state index is -0.308. The van der Waals surface area contributed by atoms with Crippen LogP contribution in [0.15, 0.2) is 36.4 Å². The fourth-order valence-electron chi connectivity index (χ4n) is 3.68. The molecular weight excluding hydrogens is 496 g/mol. The number of ether oxygens (including phenoxy) is 8. The molecule has 0 saturated heterocycles. The molecule has 0 spiro atoms. The van der Waals surface area contributed by atoms with Gasteiger partial charge in [0.25, 0.3) is 0 Å². The van der Waals surface area contributed by atoms with E-state index < -0.39 is 0 Å². The van der Waals surface area contributed by atoms with Crippen molar-refractivity contribution in [2.75, 3.05) is 79.3 Å². The first-order chi connectivity index (χ1) is 18.7. The van der Waals surface area contributed by atoms with Crippen LogP contribution in [0.25, 0.3) is 10.8 Å². The van der Waals surface area contributed by atoms with Crippen LogP contribution in [0.3, 0.4) is 0 Å². The number of hydrogen-bond acceptors (Lipinski definition) is 10. The predicted octanol–water partition coefficient (Wildman–Crippen LogP) is 3.32. The average Bonchev–Trinajstić information content (AvgIpc) is 2.92. The third-order valence-corrected chi connectivity index (χ3v) is 5.55. The largest absolute Gasteiger partial charge is 0.491 e. The molecule has 0 atom stereocenters. The Balaban J connectivity index is 1.45. The van der Waals surface area contributed by atoms with Gasteiger partial charge in [0.15, 0.2) is 0 Å². The van der Waals surface area contributed by atoms with Crippen LogP contribution in [0.1, 0.15) is 25.7 Å². The van der Waals surface area contributed by atoms with Gasteiger partial charge in [0.05, 0.1) is 52.9 Å². The Kier molecular flexibility index (Phi) is 14.3. The highest BCUT2D eigenvalue weighted by Gasteiger charge is 2.08. The molecular formula is C28H38O10. The first-order valence-electron chi connectivity index (χ1n) is 13.1. The van der Waals surface area contributed by atoms with Gasteiger partial charge in [-0.3, -0.25) is 9.59 Å². The van der Waals surface area contributed by atoms with Crippen molar-refractivity contribution in [3.05, 3.63) is 36.4 Å². The molecule has 1 aliphatic rings. The third kappa shape index (κ3) is 11.6. The van der Waals surface area contributed by atoms with Gasteiger partial charge in [0, 0.05) is 23.6 Å². The maximum Gasteiger partial charge on any atom is 0.305 e. The molecule has 0 aliphatic carbocycles. The number of hydrogen-bond donors (Lipinski definition) is 0. The molecule has 0 N–H and O–H groups in total. The van der Waals surface area contributed by atoms with Crippen molar-refractivity contribution in [3.63, 3.8) is 0 Å². The lowest BCUT2D eigenvalue weighted by atomic mass is 10.1. The van der Waals surface area contributed by atoms with Crippen molar-refractivity contribution in [1.82, 2.24) is 0 Å². The monoisotopic (exact) mass is 534 g/mol.